The van der Waals surface area contributed by atoms with Crippen molar-refractivity contribution in [2.45, 2.75) is 52.6 Å². The molecule has 2 aromatic carbocycles. The molecule has 1 atom stereocenters. The summed E-state index contributed by atoms with van der Waals surface area (Å²) in [6.45, 7) is 5.25. The van der Waals surface area contributed by atoms with E-state index in [-0.39, 0.29) is 23.9 Å². The number of ether oxygens (including phenoxy) is 1. The van der Waals surface area contributed by atoms with E-state index in [1.165, 1.54) is 31.1 Å². The molecule has 37 heavy (non-hydrogen) atoms. The van der Waals surface area contributed by atoms with Crippen molar-refractivity contribution in [1.82, 2.24) is 10.2 Å². The van der Waals surface area contributed by atoms with Crippen LogP contribution in [0.3, 0.4) is 0 Å². The fourth-order valence-electron chi connectivity index (χ4n) is 3.89. The van der Waals surface area contributed by atoms with E-state index in [9.17, 15) is 22.8 Å². The lowest BCUT2D eigenvalue weighted by Crippen LogP contribution is -2.52. The van der Waals surface area contributed by atoms with E-state index in [0.717, 1.165) is 29.0 Å². The van der Waals surface area contributed by atoms with Gasteiger partial charge in [0.1, 0.15) is 18.3 Å². The fraction of sp³-hybridized carbons (Fsp3) is 0.444. The summed E-state index contributed by atoms with van der Waals surface area (Å²) in [5.41, 5.74) is 1.26. The van der Waals surface area contributed by atoms with Crippen LogP contribution in [0.1, 0.15) is 56.0 Å². The Bertz CT molecular complexity index is 1200. The molecule has 2 aromatic rings. The number of hydrogen-bond acceptors (Lipinski definition) is 6. The van der Waals surface area contributed by atoms with Gasteiger partial charge in [-0.15, -0.1) is 0 Å². The number of amides is 2. The molecule has 0 aliphatic rings. The molecule has 2 amide bonds. The summed E-state index contributed by atoms with van der Waals surface area (Å²) in [5.74, 6) is -0.462. The number of methoxy groups -OCH3 is 1. The zero-order chi connectivity index (χ0) is 27.6. The molecule has 0 fully saturated rings. The molecule has 0 bridgehead atoms. The zero-order valence-electron chi connectivity index (χ0n) is 22.2. The largest absolute Gasteiger partial charge is 0.497 e. The number of benzene rings is 2. The standard InChI is InChI=1S/C27H37N3O6S/c1-6-8-15-28-27(33)25(7-2)29(18-21-11-9-14-24(16-21)36-4)26(32)19-30(37(5,34)35)23-13-10-12-22(17-23)20(3)31/h9-14,16-17,25H,6-8,15,18-19H2,1-5H3,(H,28,33)/t25-/m0/s1. The molecular weight excluding hydrogens is 494 g/mol. The highest BCUT2D eigenvalue weighted by molar-refractivity contribution is 7.92. The first-order valence-electron chi connectivity index (χ1n) is 12.3. The van der Waals surface area contributed by atoms with Crippen LogP contribution in [0, 0.1) is 0 Å². The molecule has 0 radical (unpaired) electrons. The number of hydrogen-bond donors (Lipinski definition) is 1. The smallest absolute Gasteiger partial charge is 0.244 e. The minimum absolute atomic E-state index is 0.0842. The Labute approximate surface area is 219 Å². The lowest BCUT2D eigenvalue weighted by molar-refractivity contribution is -0.140. The van der Waals surface area contributed by atoms with E-state index >= 15 is 0 Å². The number of ketones is 1. The molecule has 202 valence electrons. The highest BCUT2D eigenvalue weighted by Crippen LogP contribution is 2.22. The van der Waals surface area contributed by atoms with Gasteiger partial charge in [0.2, 0.25) is 21.8 Å². The lowest BCUT2D eigenvalue weighted by Gasteiger charge is -2.33. The number of carbonyl (C=O) groups is 3. The van der Waals surface area contributed by atoms with Crippen LogP contribution in [0.5, 0.6) is 5.75 Å². The second kappa shape index (κ2) is 13.8. The molecule has 0 saturated heterocycles. The maximum Gasteiger partial charge on any atom is 0.244 e. The molecule has 9 nitrogen and oxygen atoms in total. The summed E-state index contributed by atoms with van der Waals surface area (Å²) in [7, 11) is -2.35. The number of nitrogens with one attached hydrogen (secondary N) is 1. The van der Waals surface area contributed by atoms with E-state index in [0.29, 0.717) is 24.3 Å². The number of anilines is 1. The molecule has 0 saturated carbocycles. The van der Waals surface area contributed by atoms with Crippen LogP contribution >= 0.6 is 0 Å². The first-order valence-corrected chi connectivity index (χ1v) is 14.1. The Balaban J connectivity index is 2.46. The highest BCUT2D eigenvalue weighted by atomic mass is 32.2. The van der Waals surface area contributed by atoms with Gasteiger partial charge in [-0.05, 0) is 49.6 Å². The number of carbonyl (C=O) groups excluding carboxylic acids is 3. The Hall–Kier alpha value is -3.40. The number of sulfonamides is 1. The summed E-state index contributed by atoms with van der Waals surface area (Å²) in [4.78, 5) is 40.1. The Morgan fingerprint density at radius 1 is 1.05 bits per heavy atom. The van der Waals surface area contributed by atoms with Crippen molar-refractivity contribution in [2.75, 3.05) is 30.8 Å². The van der Waals surface area contributed by atoms with Crippen LogP contribution in [0.15, 0.2) is 48.5 Å². The van der Waals surface area contributed by atoms with Crippen molar-refractivity contribution in [3.05, 3.63) is 59.7 Å². The molecule has 0 spiro atoms. The van der Waals surface area contributed by atoms with Crippen LogP contribution in [-0.4, -0.2) is 63.4 Å². The highest BCUT2D eigenvalue weighted by Gasteiger charge is 2.31. The van der Waals surface area contributed by atoms with Crippen LogP contribution in [0.25, 0.3) is 0 Å². The summed E-state index contributed by atoms with van der Waals surface area (Å²) >= 11 is 0. The van der Waals surface area contributed by atoms with Crippen molar-refractivity contribution < 1.29 is 27.5 Å². The van der Waals surface area contributed by atoms with Gasteiger partial charge in [-0.2, -0.15) is 0 Å². The van der Waals surface area contributed by atoms with Crippen molar-refractivity contribution >= 4 is 33.3 Å². The molecule has 2 rings (SSSR count). The summed E-state index contributed by atoms with van der Waals surface area (Å²) < 4.78 is 31.7. The first-order chi connectivity index (χ1) is 17.5. The molecule has 0 aromatic heterocycles. The summed E-state index contributed by atoms with van der Waals surface area (Å²) in [6.07, 6.45) is 3.06. The van der Waals surface area contributed by atoms with Gasteiger partial charge in [0.15, 0.2) is 5.78 Å². The van der Waals surface area contributed by atoms with Gasteiger partial charge >= 0.3 is 0 Å². The van der Waals surface area contributed by atoms with Crippen molar-refractivity contribution in [1.29, 1.82) is 0 Å². The van der Waals surface area contributed by atoms with E-state index in [1.807, 2.05) is 13.0 Å². The van der Waals surface area contributed by atoms with Crippen LogP contribution in [0.4, 0.5) is 5.69 Å². The molecule has 0 aliphatic carbocycles. The van der Waals surface area contributed by atoms with Crippen LogP contribution in [-0.2, 0) is 26.2 Å². The quantitative estimate of drug-likeness (QED) is 0.295. The monoisotopic (exact) mass is 531 g/mol. The number of Topliss-reactive ketones (excluding diaryl/α,β-unsaturated/α-hetero) is 1. The summed E-state index contributed by atoms with van der Waals surface area (Å²) in [5, 5.41) is 2.89. The molecule has 0 unspecified atom stereocenters. The number of rotatable bonds is 14. The van der Waals surface area contributed by atoms with Crippen LogP contribution < -0.4 is 14.4 Å². The fourth-order valence-corrected chi connectivity index (χ4v) is 4.73. The third-order valence-electron chi connectivity index (χ3n) is 5.92. The topological polar surface area (TPSA) is 113 Å². The molecule has 0 aliphatic heterocycles. The predicted octanol–water partition coefficient (Wildman–Crippen LogP) is 3.39. The predicted molar refractivity (Wildman–Crippen MR) is 144 cm³/mol. The molecule has 1 N–H and O–H groups in total. The lowest BCUT2D eigenvalue weighted by atomic mass is 10.1. The van der Waals surface area contributed by atoms with Crippen molar-refractivity contribution in [3.8, 4) is 5.75 Å². The number of unbranched alkanes of at least 4 members (excludes halogenated alkanes) is 1. The first kappa shape index (κ1) is 29.8. The van der Waals surface area contributed by atoms with Crippen LogP contribution in [0.2, 0.25) is 0 Å². The van der Waals surface area contributed by atoms with Gasteiger partial charge in [0.05, 0.1) is 19.1 Å². The Kier molecular flexibility index (Phi) is 11.1. The van der Waals surface area contributed by atoms with Crippen molar-refractivity contribution in [3.63, 3.8) is 0 Å². The normalized spacial score (nSPS) is 11.9. The zero-order valence-corrected chi connectivity index (χ0v) is 23.0. The second-order valence-electron chi connectivity index (χ2n) is 8.82. The summed E-state index contributed by atoms with van der Waals surface area (Å²) in [6, 6.07) is 12.5. The minimum atomic E-state index is -3.89. The Morgan fingerprint density at radius 2 is 1.76 bits per heavy atom. The van der Waals surface area contributed by atoms with E-state index in [2.05, 4.69) is 5.32 Å². The second-order valence-corrected chi connectivity index (χ2v) is 10.7. The maximum absolute atomic E-state index is 13.7. The van der Waals surface area contributed by atoms with Gasteiger partial charge in [-0.3, -0.25) is 18.7 Å². The molecule has 10 heteroatoms. The third kappa shape index (κ3) is 8.59. The van der Waals surface area contributed by atoms with Gasteiger partial charge in [-0.1, -0.05) is 44.5 Å². The average Bonchev–Trinajstić information content (AvgIpc) is 2.86. The Morgan fingerprint density at radius 3 is 2.35 bits per heavy atom. The average molecular weight is 532 g/mol. The van der Waals surface area contributed by atoms with Crippen molar-refractivity contribution in [2.24, 2.45) is 0 Å². The van der Waals surface area contributed by atoms with E-state index in [1.54, 1.807) is 37.3 Å². The number of nitrogens with zero attached hydrogens (tertiary/aromatic N) is 2. The minimum Gasteiger partial charge on any atom is -0.497 e. The maximum atomic E-state index is 13.7. The molecule has 0 heterocycles. The molecular formula is C27H37N3O6S. The van der Waals surface area contributed by atoms with Gasteiger partial charge in [-0.25, -0.2) is 8.42 Å². The van der Waals surface area contributed by atoms with E-state index in [4.69, 9.17) is 4.74 Å². The SMILES string of the molecule is CCCCNC(=O)[C@H](CC)N(Cc1cccc(OC)c1)C(=O)CN(c1cccc(C(C)=O)c1)S(C)(=O)=O. The van der Waals surface area contributed by atoms with Gasteiger partial charge in [0, 0.05) is 18.7 Å². The van der Waals surface area contributed by atoms with Gasteiger partial charge in [0.25, 0.3) is 0 Å². The van der Waals surface area contributed by atoms with E-state index < -0.39 is 28.5 Å². The van der Waals surface area contributed by atoms with Gasteiger partial charge < -0.3 is 15.0 Å². The third-order valence-corrected chi connectivity index (χ3v) is 7.06.